The van der Waals surface area contributed by atoms with Crippen LogP contribution in [0, 0.1) is 13.8 Å². The van der Waals surface area contributed by atoms with E-state index in [1.165, 1.54) is 5.56 Å². The highest BCUT2D eigenvalue weighted by Crippen LogP contribution is 2.34. The fourth-order valence-corrected chi connectivity index (χ4v) is 2.90. The second-order valence-corrected chi connectivity index (χ2v) is 6.24. The molecule has 0 bridgehead atoms. The number of hydrogen-bond donors (Lipinski definition) is 1. The molecule has 5 nitrogen and oxygen atoms in total. The smallest absolute Gasteiger partial charge is 0.230 e. The molecule has 118 valence electrons. The van der Waals surface area contributed by atoms with Gasteiger partial charge in [-0.25, -0.2) is 0 Å². The van der Waals surface area contributed by atoms with Crippen LogP contribution in [0.2, 0.25) is 0 Å². The van der Waals surface area contributed by atoms with E-state index in [2.05, 4.69) is 29.2 Å². The highest BCUT2D eigenvalue weighted by Gasteiger charge is 2.35. The molecular weight excluding hydrogens is 278 g/mol. The summed E-state index contributed by atoms with van der Waals surface area (Å²) in [6, 6.07) is 6.19. The highest BCUT2D eigenvalue weighted by molar-refractivity contribution is 5.35. The molecule has 0 amide bonds. The Balaban J connectivity index is 1.58. The number of rotatable bonds is 5. The van der Waals surface area contributed by atoms with Gasteiger partial charge in [0.15, 0.2) is 5.82 Å². The second kappa shape index (κ2) is 6.08. The van der Waals surface area contributed by atoms with Crippen LogP contribution in [0.3, 0.4) is 0 Å². The van der Waals surface area contributed by atoms with E-state index in [-0.39, 0.29) is 0 Å². The molecule has 0 spiro atoms. The van der Waals surface area contributed by atoms with E-state index >= 15 is 0 Å². The molecular formula is C17H23N3O2. The van der Waals surface area contributed by atoms with Crippen LogP contribution >= 0.6 is 0 Å². The third kappa shape index (κ3) is 3.14. The second-order valence-electron chi connectivity index (χ2n) is 6.24. The normalized spacial score (nSPS) is 16.9. The van der Waals surface area contributed by atoms with Gasteiger partial charge in [-0.05, 0) is 43.9 Å². The average molecular weight is 301 g/mol. The van der Waals surface area contributed by atoms with Crippen LogP contribution < -0.4 is 10.5 Å². The number of benzene rings is 1. The van der Waals surface area contributed by atoms with Gasteiger partial charge < -0.3 is 15.0 Å². The van der Waals surface area contributed by atoms with Gasteiger partial charge in [0, 0.05) is 0 Å². The zero-order valence-corrected chi connectivity index (χ0v) is 13.3. The Hall–Kier alpha value is -1.88. The van der Waals surface area contributed by atoms with Crippen LogP contribution in [0.5, 0.6) is 5.75 Å². The van der Waals surface area contributed by atoms with Crippen LogP contribution in [0.15, 0.2) is 22.7 Å². The molecule has 0 atom stereocenters. The predicted molar refractivity (Wildman–Crippen MR) is 83.7 cm³/mol. The van der Waals surface area contributed by atoms with Crippen LogP contribution in [-0.4, -0.2) is 16.7 Å². The summed E-state index contributed by atoms with van der Waals surface area (Å²) in [4.78, 5) is 4.45. The number of aromatic nitrogens is 2. The molecule has 3 rings (SSSR count). The van der Waals surface area contributed by atoms with Gasteiger partial charge in [-0.3, -0.25) is 0 Å². The van der Waals surface area contributed by atoms with E-state index in [1.807, 2.05) is 13.0 Å². The van der Waals surface area contributed by atoms with Crippen molar-refractivity contribution < 1.29 is 9.26 Å². The topological polar surface area (TPSA) is 74.2 Å². The number of ether oxygens (including phenoxy) is 1. The monoisotopic (exact) mass is 301 g/mol. The maximum Gasteiger partial charge on any atom is 0.230 e. The molecule has 1 heterocycles. The van der Waals surface area contributed by atoms with Crippen molar-refractivity contribution in [2.24, 2.45) is 5.73 Å². The number of nitrogens with zero attached hydrogens (tertiary/aromatic N) is 2. The molecule has 22 heavy (non-hydrogen) atoms. The fraction of sp³-hybridized carbons (Fsp3) is 0.529. The summed E-state index contributed by atoms with van der Waals surface area (Å²) in [6.07, 6.45) is 4.73. The fourth-order valence-electron chi connectivity index (χ4n) is 2.90. The quantitative estimate of drug-likeness (QED) is 0.918. The summed E-state index contributed by atoms with van der Waals surface area (Å²) in [6.45, 7) is 4.61. The molecule has 1 aliphatic rings. The van der Waals surface area contributed by atoms with E-state index in [9.17, 15) is 0 Å². The highest BCUT2D eigenvalue weighted by atomic mass is 16.5. The molecule has 1 fully saturated rings. The van der Waals surface area contributed by atoms with Crippen molar-refractivity contribution >= 4 is 0 Å². The number of hydrogen-bond acceptors (Lipinski definition) is 5. The zero-order chi connectivity index (χ0) is 15.6. The van der Waals surface area contributed by atoms with Gasteiger partial charge in [0.05, 0.1) is 18.6 Å². The first-order valence-corrected chi connectivity index (χ1v) is 7.89. The van der Waals surface area contributed by atoms with Crippen molar-refractivity contribution in [3.63, 3.8) is 0 Å². The lowest BCUT2D eigenvalue weighted by molar-refractivity contribution is 0.288. The molecule has 5 heteroatoms. The number of nitrogens with two attached hydrogens (primary N) is 1. The Morgan fingerprint density at radius 2 is 2.05 bits per heavy atom. The number of aryl methyl sites for hydroxylation is 2. The van der Waals surface area contributed by atoms with Crippen LogP contribution in [-0.2, 0) is 12.0 Å². The maximum atomic E-state index is 6.33. The average Bonchev–Trinajstić information content (AvgIpc) is 3.13. The summed E-state index contributed by atoms with van der Waals surface area (Å²) in [5.74, 6) is 2.15. The first-order valence-electron chi connectivity index (χ1n) is 7.89. The van der Waals surface area contributed by atoms with Gasteiger partial charge in [-0.1, -0.05) is 30.1 Å². The van der Waals surface area contributed by atoms with E-state index in [1.54, 1.807) is 0 Å². The molecule has 1 aromatic carbocycles. The van der Waals surface area contributed by atoms with E-state index in [0.717, 1.165) is 37.0 Å². The lowest BCUT2D eigenvalue weighted by Crippen LogP contribution is -2.34. The van der Waals surface area contributed by atoms with Gasteiger partial charge in [-0.2, -0.15) is 4.98 Å². The van der Waals surface area contributed by atoms with Gasteiger partial charge >= 0.3 is 0 Å². The standard InChI is InChI=1S/C17H23N3O2/c1-12-5-6-13(2)14(11-12)21-10-7-15-19-16(20-22-15)17(18)8-3-4-9-17/h5-6,11H,3-4,7-10,18H2,1-2H3. The van der Waals surface area contributed by atoms with Crippen molar-refractivity contribution in [3.8, 4) is 5.75 Å². The van der Waals surface area contributed by atoms with Crippen molar-refractivity contribution in [2.45, 2.75) is 51.5 Å². The van der Waals surface area contributed by atoms with Crippen molar-refractivity contribution in [2.75, 3.05) is 6.61 Å². The molecule has 1 aliphatic carbocycles. The van der Waals surface area contributed by atoms with Gasteiger partial charge in [0.1, 0.15) is 5.75 Å². The van der Waals surface area contributed by atoms with Crippen molar-refractivity contribution in [3.05, 3.63) is 41.0 Å². The van der Waals surface area contributed by atoms with Crippen molar-refractivity contribution in [1.29, 1.82) is 0 Å². The zero-order valence-electron chi connectivity index (χ0n) is 13.3. The first kappa shape index (κ1) is 15.0. The molecule has 0 unspecified atom stereocenters. The summed E-state index contributed by atoms with van der Waals surface area (Å²) in [7, 11) is 0. The van der Waals surface area contributed by atoms with Gasteiger partial charge in [0.25, 0.3) is 0 Å². The Bertz CT molecular complexity index is 645. The molecule has 1 aromatic heterocycles. The molecule has 2 N–H and O–H groups in total. The molecule has 0 saturated heterocycles. The molecule has 0 aliphatic heterocycles. The predicted octanol–water partition coefficient (Wildman–Crippen LogP) is 3.04. The first-order chi connectivity index (χ1) is 10.6. The minimum Gasteiger partial charge on any atom is -0.493 e. The molecule has 1 saturated carbocycles. The van der Waals surface area contributed by atoms with Gasteiger partial charge in [-0.15, -0.1) is 0 Å². The van der Waals surface area contributed by atoms with Crippen LogP contribution in [0.25, 0.3) is 0 Å². The summed E-state index contributed by atoms with van der Waals surface area (Å²) < 4.78 is 11.1. The van der Waals surface area contributed by atoms with Crippen molar-refractivity contribution in [1.82, 2.24) is 10.1 Å². The molecule has 0 radical (unpaired) electrons. The third-order valence-corrected chi connectivity index (χ3v) is 4.33. The third-order valence-electron chi connectivity index (χ3n) is 4.33. The van der Waals surface area contributed by atoms with E-state index < -0.39 is 5.54 Å². The Morgan fingerprint density at radius 3 is 2.82 bits per heavy atom. The minimum absolute atomic E-state index is 0.393. The summed E-state index contributed by atoms with van der Waals surface area (Å²) >= 11 is 0. The Kier molecular flexibility index (Phi) is 4.16. The summed E-state index contributed by atoms with van der Waals surface area (Å²) in [5, 5.41) is 4.06. The van der Waals surface area contributed by atoms with Crippen LogP contribution in [0.1, 0.15) is 48.5 Å². The van der Waals surface area contributed by atoms with Crippen LogP contribution in [0.4, 0.5) is 0 Å². The Labute approximate surface area is 130 Å². The van der Waals surface area contributed by atoms with Gasteiger partial charge in [0.2, 0.25) is 5.89 Å². The largest absolute Gasteiger partial charge is 0.493 e. The molecule has 2 aromatic rings. The SMILES string of the molecule is Cc1ccc(C)c(OCCc2nc(C3(N)CCCC3)no2)c1. The minimum atomic E-state index is -0.393. The summed E-state index contributed by atoms with van der Waals surface area (Å²) in [5.41, 5.74) is 8.26. The van der Waals surface area contributed by atoms with E-state index in [4.69, 9.17) is 15.0 Å². The van der Waals surface area contributed by atoms with E-state index in [0.29, 0.717) is 24.7 Å². The lowest BCUT2D eigenvalue weighted by atomic mass is 9.99. The maximum absolute atomic E-state index is 6.33. The lowest BCUT2D eigenvalue weighted by Gasteiger charge is -2.17. The Morgan fingerprint density at radius 1 is 1.27 bits per heavy atom.